The van der Waals surface area contributed by atoms with Crippen LogP contribution in [0.3, 0.4) is 0 Å². The molecule has 142 valence electrons. The van der Waals surface area contributed by atoms with Crippen LogP contribution < -0.4 is 10.6 Å². The number of hydrogen-bond donors (Lipinski definition) is 2. The highest BCUT2D eigenvalue weighted by Gasteiger charge is 2.05. The van der Waals surface area contributed by atoms with Gasteiger partial charge < -0.3 is 15.5 Å². The van der Waals surface area contributed by atoms with Gasteiger partial charge in [0.15, 0.2) is 5.96 Å². The fourth-order valence-corrected chi connectivity index (χ4v) is 3.42. The summed E-state index contributed by atoms with van der Waals surface area (Å²) in [6, 6.07) is 6.65. The molecule has 7 heteroatoms. The van der Waals surface area contributed by atoms with E-state index in [9.17, 15) is 4.39 Å². The Labute approximate surface area is 159 Å². The van der Waals surface area contributed by atoms with Crippen LogP contribution in [0.1, 0.15) is 28.1 Å². The quantitative estimate of drug-likeness (QED) is 0.548. The SMILES string of the molecule is CCNC(=NCc1sc(C)nc1C)NCCN(C)Cc1ccc(F)cc1. The molecule has 0 saturated carbocycles. The highest BCUT2D eigenvalue weighted by Crippen LogP contribution is 2.17. The van der Waals surface area contributed by atoms with Crippen molar-refractivity contribution in [1.29, 1.82) is 0 Å². The standard InChI is InChI=1S/C19H28FN5S/c1-5-21-19(23-12-18-14(2)24-15(3)26-18)22-10-11-25(4)13-16-6-8-17(20)9-7-16/h6-9H,5,10-13H2,1-4H3,(H2,21,22,23). The van der Waals surface area contributed by atoms with Gasteiger partial charge in [-0.2, -0.15) is 0 Å². The Hall–Kier alpha value is -1.99. The molecule has 1 aromatic heterocycles. The lowest BCUT2D eigenvalue weighted by Gasteiger charge is -2.18. The van der Waals surface area contributed by atoms with E-state index in [4.69, 9.17) is 0 Å². The normalized spacial score (nSPS) is 11.8. The zero-order chi connectivity index (χ0) is 18.9. The first-order valence-electron chi connectivity index (χ1n) is 8.86. The Morgan fingerprint density at radius 3 is 2.58 bits per heavy atom. The minimum absolute atomic E-state index is 0.198. The largest absolute Gasteiger partial charge is 0.357 e. The van der Waals surface area contributed by atoms with Crippen molar-refractivity contribution in [2.24, 2.45) is 4.99 Å². The van der Waals surface area contributed by atoms with Gasteiger partial charge in [-0.15, -0.1) is 11.3 Å². The third kappa shape index (κ3) is 6.72. The highest BCUT2D eigenvalue weighted by molar-refractivity contribution is 7.11. The number of guanidine groups is 1. The summed E-state index contributed by atoms with van der Waals surface area (Å²) in [6.45, 7) is 9.99. The average Bonchev–Trinajstić information content (AvgIpc) is 2.92. The molecule has 0 aliphatic carbocycles. The average molecular weight is 378 g/mol. The van der Waals surface area contributed by atoms with Gasteiger partial charge in [-0.3, -0.25) is 0 Å². The van der Waals surface area contributed by atoms with E-state index in [1.165, 1.54) is 17.0 Å². The smallest absolute Gasteiger partial charge is 0.191 e. The first-order chi connectivity index (χ1) is 12.5. The number of likely N-dealkylation sites (N-methyl/N-ethyl adjacent to an activating group) is 1. The van der Waals surface area contributed by atoms with Crippen molar-refractivity contribution in [3.05, 3.63) is 51.2 Å². The fourth-order valence-electron chi connectivity index (χ4n) is 2.56. The molecule has 0 unspecified atom stereocenters. The number of aryl methyl sites for hydroxylation is 2. The summed E-state index contributed by atoms with van der Waals surface area (Å²) in [5, 5.41) is 7.71. The van der Waals surface area contributed by atoms with Gasteiger partial charge in [0.1, 0.15) is 5.82 Å². The van der Waals surface area contributed by atoms with Crippen LogP contribution in [0.4, 0.5) is 4.39 Å². The molecule has 0 atom stereocenters. The molecule has 1 heterocycles. The van der Waals surface area contributed by atoms with Gasteiger partial charge in [0.2, 0.25) is 0 Å². The summed E-state index contributed by atoms with van der Waals surface area (Å²) in [5.41, 5.74) is 2.16. The summed E-state index contributed by atoms with van der Waals surface area (Å²) < 4.78 is 13.0. The van der Waals surface area contributed by atoms with Crippen LogP contribution in [0.25, 0.3) is 0 Å². The number of nitrogens with zero attached hydrogens (tertiary/aromatic N) is 3. The Morgan fingerprint density at radius 1 is 1.23 bits per heavy atom. The second-order valence-corrected chi connectivity index (χ2v) is 7.52. The van der Waals surface area contributed by atoms with Crippen molar-refractivity contribution in [3.8, 4) is 0 Å². The van der Waals surface area contributed by atoms with E-state index in [0.717, 1.165) is 48.4 Å². The number of thiazole rings is 1. The molecule has 2 aromatic rings. The molecular formula is C19H28FN5S. The Bertz CT molecular complexity index is 711. The van der Waals surface area contributed by atoms with Crippen molar-refractivity contribution in [2.45, 2.75) is 33.9 Å². The zero-order valence-corrected chi connectivity index (χ0v) is 16.8. The number of aliphatic imine (C=N–C) groups is 1. The maximum absolute atomic E-state index is 13.0. The minimum Gasteiger partial charge on any atom is -0.357 e. The van der Waals surface area contributed by atoms with E-state index >= 15 is 0 Å². The third-order valence-electron chi connectivity index (χ3n) is 3.88. The molecule has 0 radical (unpaired) electrons. The summed E-state index contributed by atoms with van der Waals surface area (Å²) >= 11 is 1.70. The third-order valence-corrected chi connectivity index (χ3v) is 4.93. The topological polar surface area (TPSA) is 52.6 Å². The molecule has 2 rings (SSSR count). The van der Waals surface area contributed by atoms with Crippen LogP contribution in [-0.2, 0) is 13.1 Å². The van der Waals surface area contributed by atoms with Crippen LogP contribution in [0.5, 0.6) is 0 Å². The Kier molecular flexibility index (Phi) is 8.00. The summed E-state index contributed by atoms with van der Waals surface area (Å²) in [5.74, 6) is 0.615. The van der Waals surface area contributed by atoms with E-state index in [-0.39, 0.29) is 5.82 Å². The van der Waals surface area contributed by atoms with E-state index in [2.05, 4.69) is 39.5 Å². The second-order valence-electron chi connectivity index (χ2n) is 6.23. The molecule has 0 saturated heterocycles. The van der Waals surface area contributed by atoms with Gasteiger partial charge in [0.05, 0.1) is 17.2 Å². The molecule has 0 spiro atoms. The van der Waals surface area contributed by atoms with Gasteiger partial charge in [-0.25, -0.2) is 14.4 Å². The second kappa shape index (κ2) is 10.2. The Balaban J connectivity index is 1.80. The summed E-state index contributed by atoms with van der Waals surface area (Å²) in [7, 11) is 2.05. The van der Waals surface area contributed by atoms with Crippen LogP contribution in [0.15, 0.2) is 29.3 Å². The molecule has 0 aliphatic heterocycles. The number of aromatic nitrogens is 1. The molecule has 0 aliphatic rings. The molecule has 2 N–H and O–H groups in total. The monoisotopic (exact) mass is 377 g/mol. The highest BCUT2D eigenvalue weighted by atomic mass is 32.1. The first kappa shape index (κ1) is 20.3. The van der Waals surface area contributed by atoms with Crippen LogP contribution in [0, 0.1) is 19.7 Å². The lowest BCUT2D eigenvalue weighted by Crippen LogP contribution is -2.40. The molecule has 0 fully saturated rings. The molecule has 0 amide bonds. The molecule has 26 heavy (non-hydrogen) atoms. The van der Waals surface area contributed by atoms with Crippen molar-refractivity contribution in [1.82, 2.24) is 20.5 Å². The zero-order valence-electron chi connectivity index (χ0n) is 16.0. The Morgan fingerprint density at radius 2 is 1.96 bits per heavy atom. The van der Waals surface area contributed by atoms with Crippen molar-refractivity contribution < 1.29 is 4.39 Å². The minimum atomic E-state index is -0.198. The van der Waals surface area contributed by atoms with E-state index < -0.39 is 0 Å². The lowest BCUT2D eigenvalue weighted by molar-refractivity contribution is 0.331. The number of benzene rings is 1. The van der Waals surface area contributed by atoms with Crippen LogP contribution in [0.2, 0.25) is 0 Å². The van der Waals surface area contributed by atoms with Gasteiger partial charge >= 0.3 is 0 Å². The molecule has 5 nitrogen and oxygen atoms in total. The molecular weight excluding hydrogens is 349 g/mol. The van der Waals surface area contributed by atoms with Crippen molar-refractivity contribution in [2.75, 3.05) is 26.7 Å². The number of nitrogens with one attached hydrogen (secondary N) is 2. The number of rotatable bonds is 8. The summed E-state index contributed by atoms with van der Waals surface area (Å²) in [6.07, 6.45) is 0. The summed E-state index contributed by atoms with van der Waals surface area (Å²) in [4.78, 5) is 12.5. The van der Waals surface area contributed by atoms with E-state index in [0.29, 0.717) is 6.54 Å². The van der Waals surface area contributed by atoms with Crippen LogP contribution >= 0.6 is 11.3 Å². The van der Waals surface area contributed by atoms with Crippen molar-refractivity contribution in [3.63, 3.8) is 0 Å². The molecule has 1 aromatic carbocycles. The predicted octanol–water partition coefficient (Wildman–Crippen LogP) is 3.09. The fraction of sp³-hybridized carbons (Fsp3) is 0.474. The number of hydrogen-bond acceptors (Lipinski definition) is 4. The number of halogens is 1. The van der Waals surface area contributed by atoms with Gasteiger partial charge in [-0.1, -0.05) is 12.1 Å². The van der Waals surface area contributed by atoms with Gasteiger partial charge in [0, 0.05) is 31.1 Å². The van der Waals surface area contributed by atoms with E-state index in [1.54, 1.807) is 11.3 Å². The molecule has 0 bridgehead atoms. The lowest BCUT2D eigenvalue weighted by atomic mass is 10.2. The van der Waals surface area contributed by atoms with E-state index in [1.807, 2.05) is 26.0 Å². The van der Waals surface area contributed by atoms with Crippen LogP contribution in [-0.4, -0.2) is 42.5 Å². The predicted molar refractivity (Wildman–Crippen MR) is 107 cm³/mol. The maximum atomic E-state index is 13.0. The maximum Gasteiger partial charge on any atom is 0.191 e. The van der Waals surface area contributed by atoms with Gasteiger partial charge in [-0.05, 0) is 45.5 Å². The van der Waals surface area contributed by atoms with Gasteiger partial charge in [0.25, 0.3) is 0 Å². The van der Waals surface area contributed by atoms with Crippen molar-refractivity contribution >= 4 is 17.3 Å². The first-order valence-corrected chi connectivity index (χ1v) is 9.67.